The zero-order chi connectivity index (χ0) is 15.4. The highest BCUT2D eigenvalue weighted by atomic mass is 32.1. The summed E-state index contributed by atoms with van der Waals surface area (Å²) in [6.07, 6.45) is 9.77. The van der Waals surface area contributed by atoms with Crippen molar-refractivity contribution in [3.63, 3.8) is 0 Å². The molecule has 22 heavy (non-hydrogen) atoms. The van der Waals surface area contributed by atoms with Gasteiger partial charge in [0.1, 0.15) is 6.04 Å². The van der Waals surface area contributed by atoms with Crippen LogP contribution < -0.4 is 5.32 Å². The van der Waals surface area contributed by atoms with Gasteiger partial charge < -0.3 is 10.2 Å². The van der Waals surface area contributed by atoms with Crippen LogP contribution in [0.1, 0.15) is 43.4 Å². The Bertz CT molecular complexity index is 553. The van der Waals surface area contributed by atoms with Crippen molar-refractivity contribution < 1.29 is 9.59 Å². The van der Waals surface area contributed by atoms with Gasteiger partial charge >= 0.3 is 0 Å². The number of hydrogen-bond acceptors (Lipinski definition) is 3. The molecule has 2 saturated heterocycles. The van der Waals surface area contributed by atoms with Crippen LogP contribution in [0, 0.1) is 0 Å². The number of amides is 2. The standard InChI is InChI=1S/C17H22N2O2S/c20-16-10-9-15(18-16)17(21)19-11-3-1-2-5-13(19)7-8-14-6-4-12-22-14/h4,6-8,12-13,15H,1-3,5,9-11H2,(H,18,20). The summed E-state index contributed by atoms with van der Waals surface area (Å²) in [6, 6.07) is 3.95. The third-order valence-electron chi connectivity index (χ3n) is 4.40. The van der Waals surface area contributed by atoms with Gasteiger partial charge in [-0.05, 0) is 36.8 Å². The molecule has 2 amide bonds. The van der Waals surface area contributed by atoms with Gasteiger partial charge in [-0.3, -0.25) is 9.59 Å². The minimum Gasteiger partial charge on any atom is -0.344 e. The zero-order valence-corrected chi connectivity index (χ0v) is 13.5. The summed E-state index contributed by atoms with van der Waals surface area (Å²) in [7, 11) is 0. The van der Waals surface area contributed by atoms with Crippen molar-refractivity contribution in [3.05, 3.63) is 28.5 Å². The second-order valence-corrected chi connectivity index (χ2v) is 6.96. The van der Waals surface area contributed by atoms with Gasteiger partial charge in [-0.15, -0.1) is 11.3 Å². The predicted octanol–water partition coefficient (Wildman–Crippen LogP) is 2.81. The Kier molecular flexibility index (Phi) is 4.93. The summed E-state index contributed by atoms with van der Waals surface area (Å²) in [4.78, 5) is 27.3. The van der Waals surface area contributed by atoms with E-state index in [1.54, 1.807) is 11.3 Å². The first-order chi connectivity index (χ1) is 10.7. The molecule has 4 nitrogen and oxygen atoms in total. The molecule has 1 aromatic rings. The first kappa shape index (κ1) is 15.3. The average molecular weight is 318 g/mol. The van der Waals surface area contributed by atoms with Crippen LogP contribution in [-0.2, 0) is 9.59 Å². The molecule has 0 spiro atoms. The Hall–Kier alpha value is -1.62. The second kappa shape index (κ2) is 7.09. The predicted molar refractivity (Wildman–Crippen MR) is 88.5 cm³/mol. The fourth-order valence-electron chi connectivity index (χ4n) is 3.20. The van der Waals surface area contributed by atoms with Gasteiger partial charge in [0.2, 0.25) is 11.8 Å². The monoisotopic (exact) mass is 318 g/mol. The largest absolute Gasteiger partial charge is 0.344 e. The van der Waals surface area contributed by atoms with E-state index >= 15 is 0 Å². The van der Waals surface area contributed by atoms with Crippen molar-refractivity contribution in [2.75, 3.05) is 6.54 Å². The lowest BCUT2D eigenvalue weighted by molar-refractivity contribution is -0.135. The quantitative estimate of drug-likeness (QED) is 0.931. The highest BCUT2D eigenvalue weighted by Crippen LogP contribution is 2.22. The van der Waals surface area contributed by atoms with Crippen molar-refractivity contribution in [1.82, 2.24) is 10.2 Å². The van der Waals surface area contributed by atoms with Crippen LogP contribution in [0.15, 0.2) is 23.6 Å². The maximum Gasteiger partial charge on any atom is 0.245 e. The molecule has 0 radical (unpaired) electrons. The number of thiophene rings is 1. The maximum absolute atomic E-state index is 12.8. The molecular weight excluding hydrogens is 296 g/mol. The topological polar surface area (TPSA) is 49.4 Å². The Morgan fingerprint density at radius 1 is 1.32 bits per heavy atom. The van der Waals surface area contributed by atoms with Gasteiger partial charge in [0.05, 0.1) is 6.04 Å². The molecule has 3 heterocycles. The number of nitrogens with one attached hydrogen (secondary N) is 1. The molecule has 3 rings (SSSR count). The van der Waals surface area contributed by atoms with Crippen LogP contribution in [0.3, 0.4) is 0 Å². The van der Waals surface area contributed by atoms with Gasteiger partial charge in [0, 0.05) is 17.8 Å². The van der Waals surface area contributed by atoms with E-state index < -0.39 is 0 Å². The molecular formula is C17H22N2O2S. The highest BCUT2D eigenvalue weighted by molar-refractivity contribution is 7.10. The molecule has 0 aliphatic carbocycles. The number of carbonyl (C=O) groups is 2. The van der Waals surface area contributed by atoms with E-state index in [0.29, 0.717) is 12.8 Å². The summed E-state index contributed by atoms with van der Waals surface area (Å²) in [6.45, 7) is 0.796. The first-order valence-corrected chi connectivity index (χ1v) is 8.93. The van der Waals surface area contributed by atoms with Crippen LogP contribution in [0.4, 0.5) is 0 Å². The van der Waals surface area contributed by atoms with E-state index in [2.05, 4.69) is 28.9 Å². The molecule has 2 aliphatic rings. The zero-order valence-electron chi connectivity index (χ0n) is 12.7. The number of likely N-dealkylation sites (tertiary alicyclic amines) is 1. The lowest BCUT2D eigenvalue weighted by Gasteiger charge is -2.30. The molecule has 0 bridgehead atoms. The molecule has 5 heteroatoms. The van der Waals surface area contributed by atoms with Crippen molar-refractivity contribution in [2.45, 2.75) is 50.6 Å². The summed E-state index contributed by atoms with van der Waals surface area (Å²) >= 11 is 1.70. The minimum absolute atomic E-state index is 0.00107. The van der Waals surface area contributed by atoms with E-state index in [4.69, 9.17) is 0 Å². The molecule has 1 aromatic heterocycles. The lowest BCUT2D eigenvalue weighted by atomic mass is 10.1. The Balaban J connectivity index is 1.72. The Labute approximate surface area is 135 Å². The van der Waals surface area contributed by atoms with Crippen LogP contribution in [0.5, 0.6) is 0 Å². The molecule has 2 atom stereocenters. The number of rotatable bonds is 3. The third-order valence-corrected chi connectivity index (χ3v) is 5.24. The van der Waals surface area contributed by atoms with Gasteiger partial charge in [-0.25, -0.2) is 0 Å². The molecule has 0 saturated carbocycles. The molecule has 2 unspecified atom stereocenters. The van der Waals surface area contributed by atoms with E-state index in [1.807, 2.05) is 11.0 Å². The molecule has 1 N–H and O–H groups in total. The number of hydrogen-bond donors (Lipinski definition) is 1. The van der Waals surface area contributed by atoms with E-state index in [1.165, 1.54) is 11.3 Å². The van der Waals surface area contributed by atoms with E-state index in [-0.39, 0.29) is 23.9 Å². The SMILES string of the molecule is O=C1CCC(C(=O)N2CCCCCC2C=Cc2cccs2)N1. The molecule has 118 valence electrons. The van der Waals surface area contributed by atoms with Gasteiger partial charge in [-0.1, -0.05) is 25.0 Å². The van der Waals surface area contributed by atoms with Gasteiger partial charge in [0.25, 0.3) is 0 Å². The summed E-state index contributed by atoms with van der Waals surface area (Å²) in [5.74, 6) is 0.0902. The van der Waals surface area contributed by atoms with Gasteiger partial charge in [-0.2, -0.15) is 0 Å². The van der Waals surface area contributed by atoms with Crippen molar-refractivity contribution >= 4 is 29.2 Å². The smallest absolute Gasteiger partial charge is 0.245 e. The summed E-state index contributed by atoms with van der Waals surface area (Å²) in [5, 5.41) is 4.87. The van der Waals surface area contributed by atoms with Crippen molar-refractivity contribution in [3.8, 4) is 0 Å². The number of nitrogens with zero attached hydrogens (tertiary/aromatic N) is 1. The van der Waals surface area contributed by atoms with Crippen LogP contribution in [-0.4, -0.2) is 35.3 Å². The molecule has 2 aliphatic heterocycles. The number of carbonyl (C=O) groups excluding carboxylic acids is 2. The second-order valence-electron chi connectivity index (χ2n) is 5.98. The average Bonchev–Trinajstić information content (AvgIpc) is 3.12. The Morgan fingerprint density at radius 3 is 2.95 bits per heavy atom. The van der Waals surface area contributed by atoms with Crippen LogP contribution in [0.2, 0.25) is 0 Å². The van der Waals surface area contributed by atoms with Crippen molar-refractivity contribution in [2.24, 2.45) is 0 Å². The maximum atomic E-state index is 12.8. The van der Waals surface area contributed by atoms with Crippen LogP contribution in [0.25, 0.3) is 6.08 Å². The fourth-order valence-corrected chi connectivity index (χ4v) is 3.83. The molecule has 0 aromatic carbocycles. The van der Waals surface area contributed by atoms with E-state index in [0.717, 1.165) is 25.8 Å². The summed E-state index contributed by atoms with van der Waals surface area (Å²) in [5.41, 5.74) is 0. The van der Waals surface area contributed by atoms with Crippen molar-refractivity contribution in [1.29, 1.82) is 0 Å². The highest BCUT2D eigenvalue weighted by Gasteiger charge is 2.33. The lowest BCUT2D eigenvalue weighted by Crippen LogP contribution is -2.48. The molecule has 2 fully saturated rings. The minimum atomic E-state index is -0.316. The Morgan fingerprint density at radius 2 is 2.23 bits per heavy atom. The van der Waals surface area contributed by atoms with Crippen LogP contribution >= 0.6 is 11.3 Å². The normalized spacial score (nSPS) is 26.2. The fraction of sp³-hybridized carbons (Fsp3) is 0.529. The first-order valence-electron chi connectivity index (χ1n) is 8.05. The van der Waals surface area contributed by atoms with E-state index in [9.17, 15) is 9.59 Å². The summed E-state index contributed by atoms with van der Waals surface area (Å²) < 4.78 is 0. The third kappa shape index (κ3) is 3.58. The van der Waals surface area contributed by atoms with Gasteiger partial charge in [0.15, 0.2) is 0 Å².